The predicted octanol–water partition coefficient (Wildman–Crippen LogP) is 1.87. The maximum Gasteiger partial charge on any atom is 0.246 e. The smallest absolute Gasteiger partial charge is 0.246 e. The molecule has 1 aliphatic rings. The number of nitrogens with one attached hydrogen (secondary N) is 2. The lowest BCUT2D eigenvalue weighted by molar-refractivity contribution is -0.136. The second-order valence-corrected chi connectivity index (χ2v) is 6.56. The quantitative estimate of drug-likeness (QED) is 0.831. The summed E-state index contributed by atoms with van der Waals surface area (Å²) in [6.45, 7) is 5.78. The van der Waals surface area contributed by atoms with E-state index in [-0.39, 0.29) is 24.2 Å². The van der Waals surface area contributed by atoms with Crippen LogP contribution in [-0.4, -0.2) is 37.2 Å². The summed E-state index contributed by atoms with van der Waals surface area (Å²) < 4.78 is 6.68. The van der Waals surface area contributed by atoms with E-state index < -0.39 is 0 Å². The molecule has 1 fully saturated rings. The Morgan fingerprint density at radius 3 is 2.65 bits per heavy atom. The van der Waals surface area contributed by atoms with E-state index in [2.05, 4.69) is 38.7 Å². The van der Waals surface area contributed by atoms with E-state index in [0.29, 0.717) is 0 Å². The fraction of sp³-hybridized carbons (Fsp3) is 0.533. The predicted molar refractivity (Wildman–Crippen MR) is 82.7 cm³/mol. The molecule has 1 aliphatic heterocycles. The molecule has 2 N–H and O–H groups in total. The number of hydrogen-bond donors (Lipinski definition) is 2. The zero-order chi connectivity index (χ0) is 14.6. The van der Waals surface area contributed by atoms with Gasteiger partial charge in [-0.15, -0.1) is 0 Å². The Kier molecular flexibility index (Phi) is 5.18. The van der Waals surface area contributed by atoms with Crippen molar-refractivity contribution in [2.24, 2.45) is 0 Å². The molecular formula is C15H21BrN2O2. The summed E-state index contributed by atoms with van der Waals surface area (Å²) in [6.07, 6.45) is 0.817. The third kappa shape index (κ3) is 4.58. The molecule has 1 aromatic carbocycles. The third-order valence-corrected chi connectivity index (χ3v) is 3.94. The molecule has 0 radical (unpaired) electrons. The number of amides is 1. The van der Waals surface area contributed by atoms with Crippen LogP contribution in [0.5, 0.6) is 0 Å². The van der Waals surface area contributed by atoms with Crippen molar-refractivity contribution >= 4 is 21.8 Å². The van der Waals surface area contributed by atoms with Gasteiger partial charge in [-0.2, -0.15) is 0 Å². The zero-order valence-electron chi connectivity index (χ0n) is 11.9. The van der Waals surface area contributed by atoms with Gasteiger partial charge in [0.1, 0.15) is 6.61 Å². The SMILES string of the molecule is CC(Cc1ccc(Br)cc1)NC(=O)COC1(C)CNC1. The van der Waals surface area contributed by atoms with Crippen molar-refractivity contribution in [1.29, 1.82) is 0 Å². The van der Waals surface area contributed by atoms with Crippen molar-refractivity contribution in [2.45, 2.75) is 31.9 Å². The van der Waals surface area contributed by atoms with E-state index in [1.54, 1.807) is 0 Å². The van der Waals surface area contributed by atoms with Gasteiger partial charge in [0.2, 0.25) is 5.91 Å². The van der Waals surface area contributed by atoms with E-state index >= 15 is 0 Å². The summed E-state index contributed by atoms with van der Waals surface area (Å²) in [5.74, 6) is -0.0530. The van der Waals surface area contributed by atoms with Gasteiger partial charge in [-0.1, -0.05) is 28.1 Å². The van der Waals surface area contributed by atoms with Crippen LogP contribution in [0.15, 0.2) is 28.7 Å². The second-order valence-electron chi connectivity index (χ2n) is 5.64. The maximum atomic E-state index is 11.8. The molecule has 1 heterocycles. The standard InChI is InChI=1S/C15H21BrN2O2/c1-11(7-12-3-5-13(16)6-4-12)18-14(19)8-20-15(2)9-17-10-15/h3-6,11,17H,7-10H2,1-2H3,(H,18,19). The van der Waals surface area contributed by atoms with Crippen LogP contribution in [0.4, 0.5) is 0 Å². The lowest BCUT2D eigenvalue weighted by atomic mass is 10.0. The highest BCUT2D eigenvalue weighted by atomic mass is 79.9. The highest BCUT2D eigenvalue weighted by Crippen LogP contribution is 2.15. The van der Waals surface area contributed by atoms with Gasteiger partial charge in [-0.05, 0) is 38.0 Å². The molecule has 1 atom stereocenters. The van der Waals surface area contributed by atoms with Crippen LogP contribution in [0.25, 0.3) is 0 Å². The van der Waals surface area contributed by atoms with Gasteiger partial charge in [0, 0.05) is 23.6 Å². The molecular weight excluding hydrogens is 320 g/mol. The van der Waals surface area contributed by atoms with E-state index in [1.165, 1.54) is 5.56 Å². The van der Waals surface area contributed by atoms with Crippen LogP contribution in [0.2, 0.25) is 0 Å². The number of rotatable bonds is 6. The molecule has 0 aromatic heterocycles. The Hall–Kier alpha value is -0.910. The molecule has 1 aromatic rings. The van der Waals surface area contributed by atoms with Crippen LogP contribution in [0, 0.1) is 0 Å². The number of halogens is 1. The van der Waals surface area contributed by atoms with E-state index in [0.717, 1.165) is 24.0 Å². The Balaban J connectivity index is 1.71. The Labute approximate surface area is 128 Å². The molecule has 1 amide bonds. The molecule has 4 nitrogen and oxygen atoms in total. The minimum absolute atomic E-state index is 0.0530. The fourth-order valence-corrected chi connectivity index (χ4v) is 2.42. The van der Waals surface area contributed by atoms with Gasteiger partial charge in [0.05, 0.1) is 5.60 Å². The minimum Gasteiger partial charge on any atom is -0.363 e. The summed E-state index contributed by atoms with van der Waals surface area (Å²) in [5.41, 5.74) is 1.03. The van der Waals surface area contributed by atoms with Crippen LogP contribution in [0.3, 0.4) is 0 Å². The molecule has 0 aliphatic carbocycles. The maximum absolute atomic E-state index is 11.8. The van der Waals surface area contributed by atoms with E-state index in [9.17, 15) is 4.79 Å². The van der Waals surface area contributed by atoms with Crippen molar-refractivity contribution in [2.75, 3.05) is 19.7 Å². The summed E-state index contributed by atoms with van der Waals surface area (Å²) >= 11 is 3.41. The number of carbonyl (C=O) groups is 1. The van der Waals surface area contributed by atoms with Crippen molar-refractivity contribution in [3.05, 3.63) is 34.3 Å². The number of carbonyl (C=O) groups excluding carboxylic acids is 1. The van der Waals surface area contributed by atoms with Gasteiger partial charge < -0.3 is 15.4 Å². The fourth-order valence-electron chi connectivity index (χ4n) is 2.16. The van der Waals surface area contributed by atoms with Gasteiger partial charge in [0.25, 0.3) is 0 Å². The summed E-state index contributed by atoms with van der Waals surface area (Å²) in [5, 5.41) is 6.11. The molecule has 110 valence electrons. The van der Waals surface area contributed by atoms with E-state index in [4.69, 9.17) is 4.74 Å². The van der Waals surface area contributed by atoms with Gasteiger partial charge >= 0.3 is 0 Å². The molecule has 20 heavy (non-hydrogen) atoms. The molecule has 1 saturated heterocycles. The second kappa shape index (κ2) is 6.70. The lowest BCUT2D eigenvalue weighted by Crippen LogP contribution is -2.59. The summed E-state index contributed by atoms with van der Waals surface area (Å²) in [7, 11) is 0. The monoisotopic (exact) mass is 340 g/mol. The molecule has 5 heteroatoms. The third-order valence-electron chi connectivity index (χ3n) is 3.41. The van der Waals surface area contributed by atoms with E-state index in [1.807, 2.05) is 26.0 Å². The van der Waals surface area contributed by atoms with Crippen LogP contribution < -0.4 is 10.6 Å². The normalized spacial score (nSPS) is 18.1. The van der Waals surface area contributed by atoms with Crippen LogP contribution in [-0.2, 0) is 16.0 Å². The first-order valence-corrected chi connectivity index (χ1v) is 7.65. The summed E-state index contributed by atoms with van der Waals surface area (Å²) in [6, 6.07) is 8.24. The number of hydrogen-bond acceptors (Lipinski definition) is 3. The average Bonchev–Trinajstić information content (AvgIpc) is 2.37. The highest BCUT2D eigenvalue weighted by molar-refractivity contribution is 9.10. The Morgan fingerprint density at radius 1 is 1.45 bits per heavy atom. The van der Waals surface area contributed by atoms with Crippen molar-refractivity contribution < 1.29 is 9.53 Å². The first-order chi connectivity index (χ1) is 9.47. The number of benzene rings is 1. The van der Waals surface area contributed by atoms with Crippen LogP contribution >= 0.6 is 15.9 Å². The molecule has 0 saturated carbocycles. The molecule has 2 rings (SSSR count). The van der Waals surface area contributed by atoms with Crippen molar-refractivity contribution in [1.82, 2.24) is 10.6 Å². The lowest BCUT2D eigenvalue weighted by Gasteiger charge is -2.38. The summed E-state index contributed by atoms with van der Waals surface area (Å²) in [4.78, 5) is 11.8. The first kappa shape index (κ1) is 15.5. The van der Waals surface area contributed by atoms with Gasteiger partial charge in [0.15, 0.2) is 0 Å². The largest absolute Gasteiger partial charge is 0.363 e. The molecule has 1 unspecified atom stereocenters. The average molecular weight is 341 g/mol. The zero-order valence-corrected chi connectivity index (χ0v) is 13.5. The van der Waals surface area contributed by atoms with Crippen LogP contribution in [0.1, 0.15) is 19.4 Å². The highest BCUT2D eigenvalue weighted by Gasteiger charge is 2.33. The Morgan fingerprint density at radius 2 is 2.10 bits per heavy atom. The molecule has 0 spiro atoms. The Bertz CT molecular complexity index is 457. The van der Waals surface area contributed by atoms with Gasteiger partial charge in [-0.3, -0.25) is 4.79 Å². The number of ether oxygens (including phenoxy) is 1. The first-order valence-electron chi connectivity index (χ1n) is 6.85. The topological polar surface area (TPSA) is 50.4 Å². The van der Waals surface area contributed by atoms with Crippen molar-refractivity contribution in [3.8, 4) is 0 Å². The molecule has 0 bridgehead atoms. The van der Waals surface area contributed by atoms with Gasteiger partial charge in [-0.25, -0.2) is 0 Å². The van der Waals surface area contributed by atoms with Crippen molar-refractivity contribution in [3.63, 3.8) is 0 Å². The minimum atomic E-state index is -0.174.